The van der Waals surface area contributed by atoms with Crippen LogP contribution in [0, 0.1) is 27.2 Å². The summed E-state index contributed by atoms with van der Waals surface area (Å²) >= 11 is 0. The highest BCUT2D eigenvalue weighted by Crippen LogP contribution is 2.39. The van der Waals surface area contributed by atoms with Gasteiger partial charge in [0.25, 0.3) is 11.6 Å². The molecule has 1 saturated carbocycles. The molecular formula is C22H22F2N2O5. The molecule has 1 atom stereocenters. The predicted octanol–water partition coefficient (Wildman–Crippen LogP) is 4.69. The van der Waals surface area contributed by atoms with E-state index in [1.54, 1.807) is 6.92 Å². The number of nitro benzene ring substituents is 1. The van der Waals surface area contributed by atoms with Gasteiger partial charge < -0.3 is 10.4 Å². The van der Waals surface area contributed by atoms with Gasteiger partial charge in [0.1, 0.15) is 23.2 Å². The van der Waals surface area contributed by atoms with Gasteiger partial charge in [-0.3, -0.25) is 14.9 Å². The van der Waals surface area contributed by atoms with E-state index in [1.165, 1.54) is 6.07 Å². The molecule has 1 aliphatic rings. The number of hydrogen-bond donors (Lipinski definition) is 2. The second kappa shape index (κ2) is 8.79. The minimum absolute atomic E-state index is 0.0747. The Hall–Kier alpha value is -3.36. The SMILES string of the molecule is CC1([C@H](NC(=O)c2ccc(-c3cc(F)cc(F)c3)cc2[N+](=O)[O-])C(=O)O)CCCCC1. The molecule has 3 rings (SSSR count). The molecule has 164 valence electrons. The van der Waals surface area contributed by atoms with Crippen LogP contribution in [0.1, 0.15) is 49.4 Å². The number of hydrogen-bond acceptors (Lipinski definition) is 4. The number of benzene rings is 2. The topological polar surface area (TPSA) is 110 Å². The fraction of sp³-hybridized carbons (Fsp3) is 0.364. The zero-order valence-electron chi connectivity index (χ0n) is 16.9. The van der Waals surface area contributed by atoms with Crippen LogP contribution in [0.2, 0.25) is 0 Å². The van der Waals surface area contributed by atoms with Crippen molar-refractivity contribution in [1.82, 2.24) is 5.32 Å². The van der Waals surface area contributed by atoms with E-state index in [-0.39, 0.29) is 16.7 Å². The zero-order chi connectivity index (χ0) is 22.8. The summed E-state index contributed by atoms with van der Waals surface area (Å²) in [4.78, 5) is 35.5. The Morgan fingerprint density at radius 2 is 1.68 bits per heavy atom. The molecule has 0 unspecified atom stereocenters. The van der Waals surface area contributed by atoms with Crippen molar-refractivity contribution in [2.75, 3.05) is 0 Å². The number of carboxylic acids is 1. The normalized spacial score (nSPS) is 16.4. The first kappa shape index (κ1) is 22.3. The lowest BCUT2D eigenvalue weighted by molar-refractivity contribution is -0.385. The molecule has 0 saturated heterocycles. The monoisotopic (exact) mass is 432 g/mol. The van der Waals surface area contributed by atoms with Crippen molar-refractivity contribution in [3.05, 3.63) is 63.7 Å². The largest absolute Gasteiger partial charge is 0.480 e. The van der Waals surface area contributed by atoms with Crippen LogP contribution in [0.3, 0.4) is 0 Å². The maximum absolute atomic E-state index is 13.5. The Bertz CT molecular complexity index is 1010. The average molecular weight is 432 g/mol. The number of nitrogens with one attached hydrogen (secondary N) is 1. The predicted molar refractivity (Wildman–Crippen MR) is 109 cm³/mol. The fourth-order valence-corrected chi connectivity index (χ4v) is 4.17. The molecule has 1 aliphatic carbocycles. The van der Waals surface area contributed by atoms with Crippen molar-refractivity contribution < 1.29 is 28.4 Å². The summed E-state index contributed by atoms with van der Waals surface area (Å²) in [6.07, 6.45) is 3.92. The number of carbonyl (C=O) groups is 2. The van der Waals surface area contributed by atoms with Crippen molar-refractivity contribution in [2.45, 2.75) is 45.1 Å². The Morgan fingerprint density at radius 3 is 2.23 bits per heavy atom. The third-order valence-corrected chi connectivity index (χ3v) is 5.85. The van der Waals surface area contributed by atoms with Crippen molar-refractivity contribution >= 4 is 17.6 Å². The molecule has 0 aromatic heterocycles. The lowest BCUT2D eigenvalue weighted by Gasteiger charge is -2.38. The number of carbonyl (C=O) groups excluding carboxylic acids is 1. The van der Waals surface area contributed by atoms with E-state index in [0.717, 1.165) is 43.5 Å². The molecule has 1 fully saturated rings. The summed E-state index contributed by atoms with van der Waals surface area (Å²) in [5.74, 6) is -3.77. The number of rotatable bonds is 6. The zero-order valence-corrected chi connectivity index (χ0v) is 16.9. The van der Waals surface area contributed by atoms with E-state index >= 15 is 0 Å². The van der Waals surface area contributed by atoms with E-state index in [0.29, 0.717) is 18.9 Å². The van der Waals surface area contributed by atoms with Crippen LogP contribution in [0.4, 0.5) is 14.5 Å². The van der Waals surface area contributed by atoms with E-state index in [2.05, 4.69) is 5.32 Å². The van der Waals surface area contributed by atoms with Gasteiger partial charge in [-0.1, -0.05) is 32.3 Å². The summed E-state index contributed by atoms with van der Waals surface area (Å²) in [6, 6.07) is 5.05. The van der Waals surface area contributed by atoms with Gasteiger partial charge in [0.2, 0.25) is 0 Å². The fourth-order valence-electron chi connectivity index (χ4n) is 4.17. The molecule has 2 aromatic carbocycles. The molecule has 31 heavy (non-hydrogen) atoms. The standard InChI is InChI=1S/C22H22F2N2O5/c1-22(7-3-2-4-8-22)19(21(28)29)25-20(27)17-6-5-13(11-18(17)26(30)31)14-9-15(23)12-16(24)10-14/h5-6,9-12,19H,2-4,7-8H2,1H3,(H,25,27)(H,28,29)/t19-/m1/s1. The number of halogens is 2. The molecular weight excluding hydrogens is 410 g/mol. The number of carboxylic acid groups (broad SMARTS) is 1. The van der Waals surface area contributed by atoms with Gasteiger partial charge in [0, 0.05) is 12.1 Å². The van der Waals surface area contributed by atoms with Gasteiger partial charge in [0.15, 0.2) is 0 Å². The Balaban J connectivity index is 1.94. The van der Waals surface area contributed by atoms with E-state index < -0.39 is 45.6 Å². The summed E-state index contributed by atoms with van der Waals surface area (Å²) in [7, 11) is 0. The third-order valence-electron chi connectivity index (χ3n) is 5.85. The summed E-state index contributed by atoms with van der Waals surface area (Å²) in [5, 5.41) is 23.7. The first-order valence-electron chi connectivity index (χ1n) is 9.89. The second-order valence-corrected chi connectivity index (χ2v) is 8.11. The minimum Gasteiger partial charge on any atom is -0.480 e. The first-order chi connectivity index (χ1) is 14.6. The quantitative estimate of drug-likeness (QED) is 0.508. The van der Waals surface area contributed by atoms with Crippen LogP contribution in [0.15, 0.2) is 36.4 Å². The van der Waals surface area contributed by atoms with Crippen molar-refractivity contribution in [2.24, 2.45) is 5.41 Å². The van der Waals surface area contributed by atoms with Crippen LogP contribution in [0.25, 0.3) is 11.1 Å². The smallest absolute Gasteiger partial charge is 0.326 e. The van der Waals surface area contributed by atoms with Crippen LogP contribution >= 0.6 is 0 Å². The Labute approximate surface area is 177 Å². The summed E-state index contributed by atoms with van der Waals surface area (Å²) < 4.78 is 27.0. The van der Waals surface area contributed by atoms with Crippen LogP contribution in [-0.2, 0) is 4.79 Å². The van der Waals surface area contributed by atoms with E-state index in [9.17, 15) is 33.6 Å². The molecule has 0 aliphatic heterocycles. The molecule has 0 radical (unpaired) electrons. The molecule has 7 nitrogen and oxygen atoms in total. The lowest BCUT2D eigenvalue weighted by Crippen LogP contribution is -2.52. The average Bonchev–Trinajstić information content (AvgIpc) is 2.70. The van der Waals surface area contributed by atoms with Crippen LogP contribution < -0.4 is 5.32 Å². The van der Waals surface area contributed by atoms with Gasteiger partial charge in [-0.05, 0) is 47.6 Å². The van der Waals surface area contributed by atoms with Crippen molar-refractivity contribution in [3.8, 4) is 11.1 Å². The van der Waals surface area contributed by atoms with Crippen LogP contribution in [-0.4, -0.2) is 27.9 Å². The van der Waals surface area contributed by atoms with E-state index in [1.807, 2.05) is 0 Å². The third kappa shape index (κ3) is 4.87. The maximum atomic E-state index is 13.5. The molecule has 2 N–H and O–H groups in total. The molecule has 0 bridgehead atoms. The van der Waals surface area contributed by atoms with Gasteiger partial charge in [-0.25, -0.2) is 13.6 Å². The highest BCUT2D eigenvalue weighted by atomic mass is 19.1. The highest BCUT2D eigenvalue weighted by Gasteiger charge is 2.41. The molecule has 2 aromatic rings. The molecule has 0 heterocycles. The number of aliphatic carboxylic acids is 1. The number of amides is 1. The summed E-state index contributed by atoms with van der Waals surface area (Å²) in [6.45, 7) is 1.79. The Kier molecular flexibility index (Phi) is 6.33. The first-order valence-corrected chi connectivity index (χ1v) is 9.89. The van der Waals surface area contributed by atoms with Gasteiger partial charge in [-0.15, -0.1) is 0 Å². The van der Waals surface area contributed by atoms with Crippen molar-refractivity contribution in [1.29, 1.82) is 0 Å². The van der Waals surface area contributed by atoms with E-state index in [4.69, 9.17) is 0 Å². The minimum atomic E-state index is -1.20. The molecule has 0 spiro atoms. The maximum Gasteiger partial charge on any atom is 0.326 e. The highest BCUT2D eigenvalue weighted by molar-refractivity contribution is 6.00. The lowest BCUT2D eigenvalue weighted by atomic mass is 9.70. The van der Waals surface area contributed by atoms with Crippen LogP contribution in [0.5, 0.6) is 0 Å². The van der Waals surface area contributed by atoms with Gasteiger partial charge >= 0.3 is 5.97 Å². The Morgan fingerprint density at radius 1 is 1.06 bits per heavy atom. The molecule has 1 amide bonds. The number of nitrogens with zero attached hydrogens (tertiary/aromatic N) is 1. The van der Waals surface area contributed by atoms with Crippen molar-refractivity contribution in [3.63, 3.8) is 0 Å². The molecule has 9 heteroatoms. The second-order valence-electron chi connectivity index (χ2n) is 8.11. The van der Waals surface area contributed by atoms with Gasteiger partial charge in [0.05, 0.1) is 4.92 Å². The van der Waals surface area contributed by atoms with Gasteiger partial charge in [-0.2, -0.15) is 0 Å². The summed E-state index contributed by atoms with van der Waals surface area (Å²) in [5.41, 5.74) is -1.34. The number of nitro groups is 1.